The standard InChI is InChI=1S/C72H134O6/c1-4-7-10-13-16-19-22-24-26-27-28-29-30-31-32-33-34-35-36-37-38-39-40-41-42-43-44-46-47-50-53-56-59-62-65-71(74)77-68-69(67-76-70(73)64-61-58-55-52-49-21-18-15-12-9-6-3)78-72(75)66-63-60-57-54-51-48-45-25-23-20-17-14-11-8-5-2/h8,11,17,20,25,45,69H,4-7,9-10,12-16,18-19,21-24,26-44,46-68H2,1-3H3/b11-8-,20-17-,45-25-. The lowest BCUT2D eigenvalue weighted by molar-refractivity contribution is -0.167. The van der Waals surface area contributed by atoms with Gasteiger partial charge in [0.05, 0.1) is 0 Å². The average molecular weight is 1100 g/mol. The molecule has 1 atom stereocenters. The third-order valence-corrected chi connectivity index (χ3v) is 15.9. The molecule has 0 N–H and O–H groups in total. The van der Waals surface area contributed by atoms with E-state index in [0.29, 0.717) is 19.3 Å². The highest BCUT2D eigenvalue weighted by atomic mass is 16.6. The van der Waals surface area contributed by atoms with Crippen LogP contribution >= 0.6 is 0 Å². The summed E-state index contributed by atoms with van der Waals surface area (Å²) in [6.45, 7) is 6.57. The second kappa shape index (κ2) is 67.1. The van der Waals surface area contributed by atoms with E-state index < -0.39 is 6.10 Å². The van der Waals surface area contributed by atoms with Gasteiger partial charge in [0.1, 0.15) is 13.2 Å². The molecule has 0 amide bonds. The van der Waals surface area contributed by atoms with E-state index in [2.05, 4.69) is 57.2 Å². The molecule has 0 fully saturated rings. The maximum Gasteiger partial charge on any atom is 0.306 e. The summed E-state index contributed by atoms with van der Waals surface area (Å²) in [6.07, 6.45) is 83.5. The highest BCUT2D eigenvalue weighted by Gasteiger charge is 2.19. The van der Waals surface area contributed by atoms with E-state index in [1.165, 1.54) is 250 Å². The van der Waals surface area contributed by atoms with Gasteiger partial charge in [0.2, 0.25) is 0 Å². The van der Waals surface area contributed by atoms with Crippen molar-refractivity contribution in [2.75, 3.05) is 13.2 Å². The highest BCUT2D eigenvalue weighted by molar-refractivity contribution is 5.71. The molecule has 0 aliphatic heterocycles. The Hall–Kier alpha value is -2.37. The third-order valence-electron chi connectivity index (χ3n) is 15.9. The molecular formula is C72H134O6. The molecule has 6 nitrogen and oxygen atoms in total. The van der Waals surface area contributed by atoms with E-state index in [9.17, 15) is 14.4 Å². The average Bonchev–Trinajstić information content (AvgIpc) is 3.44. The van der Waals surface area contributed by atoms with Crippen LogP contribution in [0.4, 0.5) is 0 Å². The van der Waals surface area contributed by atoms with Crippen LogP contribution in [0.5, 0.6) is 0 Å². The van der Waals surface area contributed by atoms with Crippen molar-refractivity contribution >= 4 is 17.9 Å². The van der Waals surface area contributed by atoms with Gasteiger partial charge in [-0.25, -0.2) is 0 Å². The summed E-state index contributed by atoms with van der Waals surface area (Å²) in [5.74, 6) is -0.869. The molecule has 0 rings (SSSR count). The summed E-state index contributed by atoms with van der Waals surface area (Å²) >= 11 is 0. The smallest absolute Gasteiger partial charge is 0.306 e. The normalized spacial score (nSPS) is 12.2. The first-order chi connectivity index (χ1) is 38.5. The Morgan fingerprint density at radius 3 is 0.782 bits per heavy atom. The summed E-state index contributed by atoms with van der Waals surface area (Å²) < 4.78 is 16.9. The molecule has 6 heteroatoms. The Bertz CT molecular complexity index is 1300. The summed E-state index contributed by atoms with van der Waals surface area (Å²) in [7, 11) is 0. The molecule has 78 heavy (non-hydrogen) atoms. The monoisotopic (exact) mass is 1100 g/mol. The van der Waals surface area contributed by atoms with Gasteiger partial charge in [-0.2, -0.15) is 0 Å². The van der Waals surface area contributed by atoms with Gasteiger partial charge in [0.15, 0.2) is 6.10 Å². The first-order valence-electron chi connectivity index (χ1n) is 35.0. The SMILES string of the molecule is CC/C=C\C/C=C\C/C=C\CCCCCCCC(=O)OC(COC(=O)CCCCCCCCCCCCC)COC(=O)CCCCCCCCCCCCCCCCCCCCCCCCCCCCCCCCCCCC. The lowest BCUT2D eigenvalue weighted by Crippen LogP contribution is -2.30. The number of allylic oxidation sites excluding steroid dienone is 6. The van der Waals surface area contributed by atoms with Gasteiger partial charge in [-0.3, -0.25) is 14.4 Å². The highest BCUT2D eigenvalue weighted by Crippen LogP contribution is 2.19. The predicted octanol–water partition coefficient (Wildman–Crippen LogP) is 23.9. The van der Waals surface area contributed by atoms with Crippen molar-refractivity contribution in [3.63, 3.8) is 0 Å². The number of rotatable bonds is 65. The zero-order valence-electron chi connectivity index (χ0n) is 52.7. The minimum Gasteiger partial charge on any atom is -0.462 e. The number of hydrogen-bond donors (Lipinski definition) is 0. The summed E-state index contributed by atoms with van der Waals surface area (Å²) in [4.78, 5) is 38.2. The first kappa shape index (κ1) is 75.6. The van der Waals surface area contributed by atoms with Crippen LogP contribution in [-0.4, -0.2) is 37.2 Å². The second-order valence-electron chi connectivity index (χ2n) is 23.8. The molecule has 0 heterocycles. The minimum absolute atomic E-state index is 0.0742. The molecule has 458 valence electrons. The van der Waals surface area contributed by atoms with Crippen molar-refractivity contribution in [2.45, 2.75) is 393 Å². The van der Waals surface area contributed by atoms with Crippen LogP contribution in [0.25, 0.3) is 0 Å². The van der Waals surface area contributed by atoms with Crippen molar-refractivity contribution < 1.29 is 28.6 Å². The van der Waals surface area contributed by atoms with Gasteiger partial charge < -0.3 is 14.2 Å². The Morgan fingerprint density at radius 1 is 0.269 bits per heavy atom. The van der Waals surface area contributed by atoms with E-state index in [4.69, 9.17) is 14.2 Å². The molecular weight excluding hydrogens is 961 g/mol. The van der Waals surface area contributed by atoms with Gasteiger partial charge in [-0.15, -0.1) is 0 Å². The fourth-order valence-electron chi connectivity index (χ4n) is 10.7. The van der Waals surface area contributed by atoms with Crippen LogP contribution < -0.4 is 0 Å². The molecule has 0 aromatic rings. The van der Waals surface area contributed by atoms with Crippen LogP contribution in [0.15, 0.2) is 36.5 Å². The van der Waals surface area contributed by atoms with Crippen molar-refractivity contribution in [3.05, 3.63) is 36.5 Å². The van der Waals surface area contributed by atoms with E-state index >= 15 is 0 Å². The topological polar surface area (TPSA) is 78.9 Å². The van der Waals surface area contributed by atoms with E-state index in [-0.39, 0.29) is 31.1 Å². The second-order valence-corrected chi connectivity index (χ2v) is 23.8. The van der Waals surface area contributed by atoms with Crippen LogP contribution in [0, 0.1) is 0 Å². The summed E-state index contributed by atoms with van der Waals surface area (Å²) in [5, 5.41) is 0. The Morgan fingerprint density at radius 2 is 0.500 bits per heavy atom. The summed E-state index contributed by atoms with van der Waals surface area (Å²) in [5.41, 5.74) is 0. The number of unbranched alkanes of at least 4 members (excludes halogenated alkanes) is 48. The molecule has 0 radical (unpaired) electrons. The zero-order valence-corrected chi connectivity index (χ0v) is 52.7. The number of ether oxygens (including phenoxy) is 3. The lowest BCUT2D eigenvalue weighted by atomic mass is 10.0. The maximum atomic E-state index is 12.9. The number of carbonyl (C=O) groups excluding carboxylic acids is 3. The van der Waals surface area contributed by atoms with Gasteiger partial charge in [0, 0.05) is 19.3 Å². The predicted molar refractivity (Wildman–Crippen MR) is 339 cm³/mol. The van der Waals surface area contributed by atoms with Gasteiger partial charge in [-0.1, -0.05) is 353 Å². The maximum absolute atomic E-state index is 12.9. The molecule has 0 aliphatic carbocycles. The largest absolute Gasteiger partial charge is 0.462 e. The molecule has 1 unspecified atom stereocenters. The van der Waals surface area contributed by atoms with Crippen molar-refractivity contribution in [2.24, 2.45) is 0 Å². The third kappa shape index (κ3) is 64.5. The van der Waals surface area contributed by atoms with Crippen molar-refractivity contribution in [1.29, 1.82) is 0 Å². The van der Waals surface area contributed by atoms with Crippen LogP contribution in [-0.2, 0) is 28.6 Å². The van der Waals surface area contributed by atoms with Gasteiger partial charge in [0.25, 0.3) is 0 Å². The van der Waals surface area contributed by atoms with E-state index in [1.807, 2.05) is 0 Å². The van der Waals surface area contributed by atoms with Gasteiger partial charge >= 0.3 is 17.9 Å². The van der Waals surface area contributed by atoms with Crippen LogP contribution in [0.1, 0.15) is 387 Å². The molecule has 0 bridgehead atoms. The molecule has 0 saturated carbocycles. The minimum atomic E-state index is -0.778. The fraction of sp³-hybridized carbons (Fsp3) is 0.875. The number of hydrogen-bond acceptors (Lipinski definition) is 6. The molecule has 0 aromatic carbocycles. The van der Waals surface area contributed by atoms with Crippen molar-refractivity contribution in [3.8, 4) is 0 Å². The van der Waals surface area contributed by atoms with Crippen LogP contribution in [0.3, 0.4) is 0 Å². The molecule has 0 aromatic heterocycles. The Labute approximate surface area is 486 Å². The van der Waals surface area contributed by atoms with E-state index in [1.54, 1.807) is 0 Å². The first-order valence-corrected chi connectivity index (χ1v) is 35.0. The molecule has 0 saturated heterocycles. The number of carbonyl (C=O) groups is 3. The quantitative estimate of drug-likeness (QED) is 0.0261. The molecule has 0 spiro atoms. The van der Waals surface area contributed by atoms with Crippen molar-refractivity contribution in [1.82, 2.24) is 0 Å². The molecule has 0 aliphatic rings. The zero-order chi connectivity index (χ0) is 56.4. The Kier molecular flexibility index (Phi) is 65.1. The van der Waals surface area contributed by atoms with Gasteiger partial charge in [-0.05, 0) is 51.4 Å². The summed E-state index contributed by atoms with van der Waals surface area (Å²) in [6, 6.07) is 0. The Balaban J connectivity index is 4.01. The lowest BCUT2D eigenvalue weighted by Gasteiger charge is -2.18. The number of esters is 3. The van der Waals surface area contributed by atoms with E-state index in [0.717, 1.165) is 96.3 Å². The van der Waals surface area contributed by atoms with Crippen LogP contribution in [0.2, 0.25) is 0 Å². The fourth-order valence-corrected chi connectivity index (χ4v) is 10.7.